The van der Waals surface area contributed by atoms with Gasteiger partial charge < -0.3 is 15.0 Å². The Bertz CT molecular complexity index is 379. The fourth-order valence-corrected chi connectivity index (χ4v) is 1.83. The van der Waals surface area contributed by atoms with Gasteiger partial charge in [0.05, 0.1) is 24.9 Å². The molecule has 1 aromatic rings. The molecule has 6 nitrogen and oxygen atoms in total. The highest BCUT2D eigenvalue weighted by atomic mass is 16.5. The zero-order chi connectivity index (χ0) is 12.8. The van der Waals surface area contributed by atoms with Crippen LogP contribution in [0.3, 0.4) is 0 Å². The van der Waals surface area contributed by atoms with Gasteiger partial charge in [-0.05, 0) is 13.0 Å². The summed E-state index contributed by atoms with van der Waals surface area (Å²) in [5.74, 6) is 0.118. The smallest absolute Gasteiger partial charge is 0.239 e. The van der Waals surface area contributed by atoms with Crippen molar-refractivity contribution in [1.29, 1.82) is 0 Å². The number of nitrogens with zero attached hydrogens (tertiary/aromatic N) is 3. The third-order valence-corrected chi connectivity index (χ3v) is 2.93. The van der Waals surface area contributed by atoms with Gasteiger partial charge in [-0.1, -0.05) is 0 Å². The van der Waals surface area contributed by atoms with Crippen molar-refractivity contribution in [3.8, 4) is 0 Å². The fourth-order valence-electron chi connectivity index (χ4n) is 1.83. The Morgan fingerprint density at radius 1 is 1.56 bits per heavy atom. The van der Waals surface area contributed by atoms with Crippen LogP contribution < -0.4 is 5.32 Å². The first-order chi connectivity index (χ1) is 8.77. The predicted molar refractivity (Wildman–Crippen MR) is 65.7 cm³/mol. The van der Waals surface area contributed by atoms with Crippen LogP contribution in [0.2, 0.25) is 0 Å². The van der Waals surface area contributed by atoms with Crippen molar-refractivity contribution in [2.75, 3.05) is 26.3 Å². The number of morpholine rings is 1. The molecule has 1 N–H and O–H groups in total. The van der Waals surface area contributed by atoms with E-state index < -0.39 is 0 Å². The standard InChI is InChI=1S/C12H18N4O2/c1-10(12(17)16-4-6-18-7-5-16)14-8-11-2-3-13-9-15-11/h2-3,9-10,14H,4-8H2,1H3. The molecule has 1 fully saturated rings. The summed E-state index contributed by atoms with van der Waals surface area (Å²) in [6.07, 6.45) is 3.20. The molecule has 1 saturated heterocycles. The quantitative estimate of drug-likeness (QED) is 0.802. The minimum Gasteiger partial charge on any atom is -0.378 e. The first kappa shape index (κ1) is 12.9. The van der Waals surface area contributed by atoms with Gasteiger partial charge in [-0.3, -0.25) is 4.79 Å². The van der Waals surface area contributed by atoms with Gasteiger partial charge in [-0.25, -0.2) is 9.97 Å². The molecule has 2 rings (SSSR count). The Balaban J connectivity index is 1.80. The monoisotopic (exact) mass is 250 g/mol. The molecule has 0 bridgehead atoms. The number of nitrogens with one attached hydrogen (secondary N) is 1. The molecule has 18 heavy (non-hydrogen) atoms. The number of ether oxygens (including phenoxy) is 1. The van der Waals surface area contributed by atoms with Gasteiger partial charge in [0.2, 0.25) is 5.91 Å². The summed E-state index contributed by atoms with van der Waals surface area (Å²) < 4.78 is 5.23. The number of carbonyl (C=O) groups excluding carboxylic acids is 1. The number of hydrogen-bond acceptors (Lipinski definition) is 5. The molecule has 0 spiro atoms. The lowest BCUT2D eigenvalue weighted by Gasteiger charge is -2.29. The first-order valence-corrected chi connectivity index (χ1v) is 6.12. The van der Waals surface area contributed by atoms with E-state index in [1.807, 2.05) is 17.9 Å². The lowest BCUT2D eigenvalue weighted by molar-refractivity contribution is -0.137. The van der Waals surface area contributed by atoms with Crippen LogP contribution in [0.5, 0.6) is 0 Å². The molecule has 0 aromatic carbocycles. The van der Waals surface area contributed by atoms with Crippen LogP contribution in [-0.2, 0) is 16.1 Å². The third kappa shape index (κ3) is 3.48. The molecule has 1 amide bonds. The molecular weight excluding hydrogens is 232 g/mol. The Hall–Kier alpha value is -1.53. The van der Waals surface area contributed by atoms with Crippen LogP contribution in [0.15, 0.2) is 18.6 Å². The molecule has 1 unspecified atom stereocenters. The summed E-state index contributed by atoms with van der Waals surface area (Å²) in [6, 6.07) is 1.62. The summed E-state index contributed by atoms with van der Waals surface area (Å²) in [5, 5.41) is 3.17. The first-order valence-electron chi connectivity index (χ1n) is 6.12. The van der Waals surface area contributed by atoms with E-state index in [4.69, 9.17) is 4.74 Å². The third-order valence-electron chi connectivity index (χ3n) is 2.93. The Kier molecular flexibility index (Phi) is 4.60. The molecule has 1 aliphatic heterocycles. The number of rotatable bonds is 4. The fraction of sp³-hybridized carbons (Fsp3) is 0.583. The maximum absolute atomic E-state index is 12.1. The molecule has 1 atom stereocenters. The molecule has 98 valence electrons. The van der Waals surface area contributed by atoms with Gasteiger partial charge >= 0.3 is 0 Å². The van der Waals surface area contributed by atoms with Crippen LogP contribution in [0.1, 0.15) is 12.6 Å². The Labute approximate surface area is 106 Å². The maximum Gasteiger partial charge on any atom is 0.239 e. The lowest BCUT2D eigenvalue weighted by Crippen LogP contribution is -2.49. The van der Waals surface area contributed by atoms with Gasteiger partial charge in [-0.15, -0.1) is 0 Å². The van der Waals surface area contributed by atoms with Crippen molar-refractivity contribution in [1.82, 2.24) is 20.2 Å². The molecule has 1 aliphatic rings. The minimum atomic E-state index is -0.210. The molecule has 2 heterocycles. The van der Waals surface area contributed by atoms with E-state index in [2.05, 4.69) is 15.3 Å². The van der Waals surface area contributed by atoms with E-state index in [1.165, 1.54) is 6.33 Å². The van der Waals surface area contributed by atoms with Gasteiger partial charge in [0.1, 0.15) is 6.33 Å². The summed E-state index contributed by atoms with van der Waals surface area (Å²) in [5.41, 5.74) is 0.881. The van der Waals surface area contributed by atoms with E-state index in [0.29, 0.717) is 32.8 Å². The average molecular weight is 250 g/mol. The van der Waals surface area contributed by atoms with Crippen molar-refractivity contribution < 1.29 is 9.53 Å². The van der Waals surface area contributed by atoms with Gasteiger partial charge in [0.25, 0.3) is 0 Å². The minimum absolute atomic E-state index is 0.118. The zero-order valence-electron chi connectivity index (χ0n) is 10.5. The number of carbonyl (C=O) groups is 1. The lowest BCUT2D eigenvalue weighted by atomic mass is 10.2. The van der Waals surface area contributed by atoms with Crippen molar-refractivity contribution in [2.45, 2.75) is 19.5 Å². The van der Waals surface area contributed by atoms with Gasteiger partial charge in [0.15, 0.2) is 0 Å². The van der Waals surface area contributed by atoms with E-state index in [9.17, 15) is 4.79 Å². The summed E-state index contributed by atoms with van der Waals surface area (Å²) in [4.78, 5) is 21.9. The SMILES string of the molecule is CC(NCc1ccncn1)C(=O)N1CCOCC1. The highest BCUT2D eigenvalue weighted by Crippen LogP contribution is 2.01. The summed E-state index contributed by atoms with van der Waals surface area (Å²) >= 11 is 0. The summed E-state index contributed by atoms with van der Waals surface area (Å²) in [6.45, 7) is 5.06. The molecular formula is C12H18N4O2. The normalized spacial score (nSPS) is 17.5. The van der Waals surface area contributed by atoms with Gasteiger partial charge in [0, 0.05) is 25.8 Å². The largest absolute Gasteiger partial charge is 0.378 e. The van der Waals surface area contributed by atoms with Crippen LogP contribution in [0.4, 0.5) is 0 Å². The Morgan fingerprint density at radius 3 is 3.00 bits per heavy atom. The van der Waals surface area contributed by atoms with Gasteiger partial charge in [-0.2, -0.15) is 0 Å². The van der Waals surface area contributed by atoms with Crippen LogP contribution in [0.25, 0.3) is 0 Å². The van der Waals surface area contributed by atoms with Crippen molar-refractivity contribution in [2.24, 2.45) is 0 Å². The highest BCUT2D eigenvalue weighted by Gasteiger charge is 2.21. The van der Waals surface area contributed by atoms with Crippen LogP contribution in [0, 0.1) is 0 Å². The zero-order valence-corrected chi connectivity index (χ0v) is 10.5. The van der Waals surface area contributed by atoms with Crippen molar-refractivity contribution in [3.63, 3.8) is 0 Å². The Morgan fingerprint density at radius 2 is 2.33 bits per heavy atom. The number of amides is 1. The topological polar surface area (TPSA) is 67.4 Å². The van der Waals surface area contributed by atoms with E-state index in [1.54, 1.807) is 6.20 Å². The second kappa shape index (κ2) is 6.42. The van der Waals surface area contributed by atoms with Crippen LogP contribution >= 0.6 is 0 Å². The average Bonchev–Trinajstić information content (AvgIpc) is 2.46. The maximum atomic E-state index is 12.1. The second-order valence-electron chi connectivity index (χ2n) is 4.24. The van der Waals surface area contributed by atoms with Crippen molar-refractivity contribution in [3.05, 3.63) is 24.3 Å². The van der Waals surface area contributed by atoms with E-state index in [0.717, 1.165) is 5.69 Å². The predicted octanol–water partition coefficient (Wildman–Crippen LogP) is -0.186. The highest BCUT2D eigenvalue weighted by molar-refractivity contribution is 5.81. The molecule has 0 aliphatic carbocycles. The number of aromatic nitrogens is 2. The molecule has 0 radical (unpaired) electrons. The number of hydrogen-bond donors (Lipinski definition) is 1. The summed E-state index contributed by atoms with van der Waals surface area (Å²) in [7, 11) is 0. The van der Waals surface area contributed by atoms with Crippen molar-refractivity contribution >= 4 is 5.91 Å². The van der Waals surface area contributed by atoms with E-state index in [-0.39, 0.29) is 11.9 Å². The molecule has 0 saturated carbocycles. The second-order valence-corrected chi connectivity index (χ2v) is 4.24. The molecule has 6 heteroatoms. The van der Waals surface area contributed by atoms with E-state index >= 15 is 0 Å². The molecule has 1 aromatic heterocycles. The van der Waals surface area contributed by atoms with Crippen LogP contribution in [-0.4, -0.2) is 53.1 Å².